The largest absolute Gasteiger partial charge is 0.357 e. The van der Waals surface area contributed by atoms with E-state index in [2.05, 4.69) is 60.7 Å². The highest BCUT2D eigenvalue weighted by molar-refractivity contribution is 14.0. The van der Waals surface area contributed by atoms with Gasteiger partial charge in [-0.3, -0.25) is 0 Å². The molecule has 1 aliphatic heterocycles. The molecule has 1 heterocycles. The maximum absolute atomic E-state index is 4.73. The van der Waals surface area contributed by atoms with Crippen molar-refractivity contribution < 1.29 is 0 Å². The fourth-order valence-corrected chi connectivity index (χ4v) is 2.80. The van der Waals surface area contributed by atoms with Crippen LogP contribution < -0.4 is 10.6 Å². The zero-order valence-electron chi connectivity index (χ0n) is 14.6. The van der Waals surface area contributed by atoms with Crippen molar-refractivity contribution in [2.24, 2.45) is 10.9 Å². The van der Waals surface area contributed by atoms with Crippen LogP contribution in [0.4, 0.5) is 0 Å². The first-order chi connectivity index (χ1) is 10.7. The molecule has 1 aliphatic rings. The molecule has 0 spiro atoms. The lowest BCUT2D eigenvalue weighted by Crippen LogP contribution is -2.42. The summed E-state index contributed by atoms with van der Waals surface area (Å²) in [6.07, 6.45) is 2.56. The summed E-state index contributed by atoms with van der Waals surface area (Å²) in [6, 6.07) is 8.45. The maximum Gasteiger partial charge on any atom is 0.191 e. The molecule has 1 aromatic rings. The molecule has 130 valence electrons. The fraction of sp³-hybridized carbons (Fsp3) is 0.611. The van der Waals surface area contributed by atoms with E-state index >= 15 is 0 Å². The van der Waals surface area contributed by atoms with Crippen molar-refractivity contribution >= 4 is 29.9 Å². The van der Waals surface area contributed by atoms with Crippen molar-refractivity contribution in [1.82, 2.24) is 15.5 Å². The molecule has 5 heteroatoms. The summed E-state index contributed by atoms with van der Waals surface area (Å²) in [6.45, 7) is 9.33. The number of piperidine rings is 1. The van der Waals surface area contributed by atoms with E-state index in [1.807, 2.05) is 0 Å². The van der Waals surface area contributed by atoms with Crippen LogP contribution in [0.1, 0.15) is 30.9 Å². The molecule has 0 saturated carbocycles. The van der Waals surface area contributed by atoms with E-state index in [0.717, 1.165) is 31.5 Å². The number of guanidine groups is 1. The van der Waals surface area contributed by atoms with Gasteiger partial charge < -0.3 is 15.5 Å². The van der Waals surface area contributed by atoms with Crippen molar-refractivity contribution in [3.8, 4) is 0 Å². The van der Waals surface area contributed by atoms with E-state index in [4.69, 9.17) is 4.99 Å². The van der Waals surface area contributed by atoms with Crippen molar-refractivity contribution in [2.75, 3.05) is 33.2 Å². The second-order valence-electron chi connectivity index (χ2n) is 6.25. The molecule has 2 rings (SSSR count). The van der Waals surface area contributed by atoms with Gasteiger partial charge in [-0.1, -0.05) is 24.3 Å². The summed E-state index contributed by atoms with van der Waals surface area (Å²) >= 11 is 0. The average Bonchev–Trinajstić information content (AvgIpc) is 2.53. The Morgan fingerprint density at radius 2 is 1.91 bits per heavy atom. The Hall–Kier alpha value is -0.820. The highest BCUT2D eigenvalue weighted by Gasteiger charge is 2.16. The SMILES string of the molecule is CCNC(=NCc1ccccc1C)NCC1CCN(C)CC1.I. The van der Waals surface area contributed by atoms with Gasteiger partial charge in [0.05, 0.1) is 6.54 Å². The Morgan fingerprint density at radius 1 is 1.22 bits per heavy atom. The molecule has 0 unspecified atom stereocenters. The normalized spacial score (nSPS) is 16.7. The van der Waals surface area contributed by atoms with Gasteiger partial charge in [-0.15, -0.1) is 24.0 Å². The molecule has 1 saturated heterocycles. The highest BCUT2D eigenvalue weighted by Crippen LogP contribution is 2.14. The molecule has 0 aromatic heterocycles. The van der Waals surface area contributed by atoms with Crippen molar-refractivity contribution in [3.63, 3.8) is 0 Å². The second-order valence-corrected chi connectivity index (χ2v) is 6.25. The van der Waals surface area contributed by atoms with Gasteiger partial charge >= 0.3 is 0 Å². The smallest absolute Gasteiger partial charge is 0.191 e. The Labute approximate surface area is 158 Å². The van der Waals surface area contributed by atoms with Crippen LogP contribution >= 0.6 is 24.0 Å². The first kappa shape index (κ1) is 20.2. The number of benzene rings is 1. The number of halogens is 1. The molecule has 0 bridgehead atoms. The predicted octanol–water partition coefficient (Wildman–Crippen LogP) is 3.01. The summed E-state index contributed by atoms with van der Waals surface area (Å²) in [5.41, 5.74) is 2.59. The quantitative estimate of drug-likeness (QED) is 0.429. The number of hydrogen-bond donors (Lipinski definition) is 2. The van der Waals surface area contributed by atoms with Gasteiger partial charge in [0, 0.05) is 13.1 Å². The third kappa shape index (κ3) is 7.08. The number of aryl methyl sites for hydroxylation is 1. The number of likely N-dealkylation sites (tertiary alicyclic amines) is 1. The average molecular weight is 430 g/mol. The van der Waals surface area contributed by atoms with Crippen LogP contribution in [0, 0.1) is 12.8 Å². The topological polar surface area (TPSA) is 39.7 Å². The minimum Gasteiger partial charge on any atom is -0.357 e. The van der Waals surface area contributed by atoms with Crippen molar-refractivity contribution in [3.05, 3.63) is 35.4 Å². The van der Waals surface area contributed by atoms with E-state index in [0.29, 0.717) is 0 Å². The van der Waals surface area contributed by atoms with Crippen LogP contribution in [-0.2, 0) is 6.54 Å². The lowest BCUT2D eigenvalue weighted by Gasteiger charge is -2.29. The van der Waals surface area contributed by atoms with Crippen LogP contribution in [0.5, 0.6) is 0 Å². The molecule has 0 atom stereocenters. The van der Waals surface area contributed by atoms with E-state index < -0.39 is 0 Å². The summed E-state index contributed by atoms with van der Waals surface area (Å²) in [7, 11) is 2.21. The molecule has 23 heavy (non-hydrogen) atoms. The van der Waals surface area contributed by atoms with Crippen molar-refractivity contribution in [1.29, 1.82) is 0 Å². The third-order valence-corrected chi connectivity index (χ3v) is 4.41. The molecule has 0 amide bonds. The fourth-order valence-electron chi connectivity index (χ4n) is 2.80. The number of rotatable bonds is 5. The first-order valence-electron chi connectivity index (χ1n) is 8.44. The molecule has 0 aliphatic carbocycles. The molecular formula is C18H31IN4. The van der Waals surface area contributed by atoms with Gasteiger partial charge in [0.15, 0.2) is 5.96 Å². The van der Waals surface area contributed by atoms with Crippen LogP contribution in [0.15, 0.2) is 29.3 Å². The van der Waals surface area contributed by atoms with E-state index in [-0.39, 0.29) is 24.0 Å². The minimum atomic E-state index is 0. The lowest BCUT2D eigenvalue weighted by atomic mass is 9.97. The molecule has 2 N–H and O–H groups in total. The monoisotopic (exact) mass is 430 g/mol. The minimum absolute atomic E-state index is 0. The van der Waals surface area contributed by atoms with E-state index in [1.54, 1.807) is 0 Å². The number of nitrogens with zero attached hydrogens (tertiary/aromatic N) is 2. The van der Waals surface area contributed by atoms with Crippen molar-refractivity contribution in [2.45, 2.75) is 33.2 Å². The molecular weight excluding hydrogens is 399 g/mol. The van der Waals surface area contributed by atoms with Gasteiger partial charge in [0.1, 0.15) is 0 Å². The molecule has 0 radical (unpaired) electrons. The van der Waals surface area contributed by atoms with Gasteiger partial charge in [-0.25, -0.2) is 4.99 Å². The standard InChI is InChI=1S/C18H30N4.HI/c1-4-19-18(20-13-16-9-11-22(3)12-10-16)21-14-17-8-6-5-7-15(17)2;/h5-8,16H,4,9-14H2,1-3H3,(H2,19,20,21);1H. The highest BCUT2D eigenvalue weighted by atomic mass is 127. The molecule has 4 nitrogen and oxygen atoms in total. The maximum atomic E-state index is 4.73. The van der Waals surface area contributed by atoms with E-state index in [1.165, 1.54) is 37.1 Å². The van der Waals surface area contributed by atoms with Gasteiger partial charge in [0.2, 0.25) is 0 Å². The molecule has 1 fully saturated rings. The Balaban J connectivity index is 0.00000264. The summed E-state index contributed by atoms with van der Waals surface area (Å²) < 4.78 is 0. The molecule has 1 aromatic carbocycles. The zero-order valence-corrected chi connectivity index (χ0v) is 17.0. The predicted molar refractivity (Wildman–Crippen MR) is 110 cm³/mol. The number of nitrogens with one attached hydrogen (secondary N) is 2. The van der Waals surface area contributed by atoms with Gasteiger partial charge in [-0.2, -0.15) is 0 Å². The lowest BCUT2D eigenvalue weighted by molar-refractivity contribution is 0.220. The summed E-state index contributed by atoms with van der Waals surface area (Å²) in [4.78, 5) is 7.14. The Kier molecular flexibility index (Phi) is 9.55. The van der Waals surface area contributed by atoms with Crippen LogP contribution in [0.25, 0.3) is 0 Å². The van der Waals surface area contributed by atoms with E-state index in [9.17, 15) is 0 Å². The Morgan fingerprint density at radius 3 is 2.57 bits per heavy atom. The van der Waals surface area contributed by atoms with Crippen LogP contribution in [0.2, 0.25) is 0 Å². The second kappa shape index (κ2) is 10.9. The zero-order chi connectivity index (χ0) is 15.8. The summed E-state index contributed by atoms with van der Waals surface area (Å²) in [5.74, 6) is 1.70. The van der Waals surface area contributed by atoms with Crippen LogP contribution in [0.3, 0.4) is 0 Å². The Bertz CT molecular complexity index is 482. The third-order valence-electron chi connectivity index (χ3n) is 4.41. The van der Waals surface area contributed by atoms with Gasteiger partial charge in [-0.05, 0) is 63.9 Å². The van der Waals surface area contributed by atoms with Crippen LogP contribution in [-0.4, -0.2) is 44.1 Å². The number of aliphatic imine (C=N–C) groups is 1. The summed E-state index contributed by atoms with van der Waals surface area (Å²) in [5, 5.41) is 6.86. The van der Waals surface area contributed by atoms with Gasteiger partial charge in [0.25, 0.3) is 0 Å². The first-order valence-corrected chi connectivity index (χ1v) is 8.44. The number of hydrogen-bond acceptors (Lipinski definition) is 2.